The molecule has 0 N–H and O–H groups in total. The summed E-state index contributed by atoms with van der Waals surface area (Å²) >= 11 is 0. The smallest absolute Gasteiger partial charge is 0.337 e. The molecule has 2 atom stereocenters. The first-order valence-electron chi connectivity index (χ1n) is 7.22. The fraction of sp³-hybridized carbons (Fsp3) is 0.800. The van der Waals surface area contributed by atoms with Crippen molar-refractivity contribution < 1.29 is 14.3 Å². The number of carbonyl (C=O) groups is 1. The maximum absolute atomic E-state index is 11.3. The van der Waals surface area contributed by atoms with E-state index in [4.69, 9.17) is 9.47 Å². The maximum atomic E-state index is 11.3. The Hall–Kier alpha value is -0.830. The summed E-state index contributed by atoms with van der Waals surface area (Å²) in [4.78, 5) is 11.3. The molecule has 3 heteroatoms. The average Bonchev–Trinajstić information content (AvgIpc) is 3.12. The van der Waals surface area contributed by atoms with Crippen LogP contribution in [0.3, 0.4) is 0 Å². The second-order valence-corrected chi connectivity index (χ2v) is 4.83. The molecule has 104 valence electrons. The van der Waals surface area contributed by atoms with Crippen molar-refractivity contribution in [3.8, 4) is 0 Å². The number of unbranched alkanes of at least 4 members (excludes halogenated alkanes) is 6. The Morgan fingerprint density at radius 1 is 1.22 bits per heavy atom. The lowest BCUT2D eigenvalue weighted by Gasteiger charge is -2.00. The Morgan fingerprint density at radius 2 is 1.89 bits per heavy atom. The first-order chi connectivity index (χ1) is 8.79. The van der Waals surface area contributed by atoms with Crippen LogP contribution in [0.1, 0.15) is 58.3 Å². The quantitative estimate of drug-likeness (QED) is 0.245. The fourth-order valence-corrected chi connectivity index (χ4v) is 2.14. The van der Waals surface area contributed by atoms with Crippen LogP contribution >= 0.6 is 0 Å². The average molecular weight is 254 g/mol. The van der Waals surface area contributed by atoms with Crippen LogP contribution in [0.15, 0.2) is 12.7 Å². The van der Waals surface area contributed by atoms with E-state index in [1.54, 1.807) is 0 Å². The lowest BCUT2D eigenvalue weighted by atomic mass is 10.1. The second kappa shape index (κ2) is 9.15. The Bertz CT molecular complexity index is 250. The lowest BCUT2D eigenvalue weighted by Crippen LogP contribution is -2.13. The van der Waals surface area contributed by atoms with Crippen LogP contribution < -0.4 is 0 Å². The van der Waals surface area contributed by atoms with Gasteiger partial charge in [-0.15, -0.1) is 6.58 Å². The van der Waals surface area contributed by atoms with Gasteiger partial charge in [-0.2, -0.15) is 0 Å². The Balaban J connectivity index is 1.85. The predicted molar refractivity (Wildman–Crippen MR) is 72.4 cm³/mol. The minimum atomic E-state index is -0.266. The topological polar surface area (TPSA) is 38.8 Å². The third-order valence-corrected chi connectivity index (χ3v) is 3.25. The van der Waals surface area contributed by atoms with Gasteiger partial charge < -0.3 is 9.47 Å². The van der Waals surface area contributed by atoms with E-state index in [2.05, 4.69) is 6.58 Å². The van der Waals surface area contributed by atoms with Gasteiger partial charge in [-0.25, -0.2) is 4.79 Å². The molecule has 1 heterocycles. The Morgan fingerprint density at radius 3 is 2.56 bits per heavy atom. The first-order valence-corrected chi connectivity index (χ1v) is 7.22. The molecule has 0 aromatic carbocycles. The molecular formula is C15H26O3. The molecule has 18 heavy (non-hydrogen) atoms. The van der Waals surface area contributed by atoms with Crippen molar-refractivity contribution in [3.05, 3.63) is 12.7 Å². The van der Waals surface area contributed by atoms with E-state index in [-0.39, 0.29) is 18.2 Å². The molecule has 1 rings (SSSR count). The van der Waals surface area contributed by atoms with Crippen molar-refractivity contribution in [1.82, 2.24) is 0 Å². The van der Waals surface area contributed by atoms with Crippen molar-refractivity contribution >= 4 is 5.97 Å². The summed E-state index contributed by atoms with van der Waals surface area (Å²) in [6, 6.07) is 0. The molecule has 0 aromatic heterocycles. The summed E-state index contributed by atoms with van der Waals surface area (Å²) < 4.78 is 10.2. The largest absolute Gasteiger partial charge is 0.464 e. The van der Waals surface area contributed by atoms with Crippen LogP contribution in [0, 0.1) is 0 Å². The lowest BCUT2D eigenvalue weighted by molar-refractivity contribution is -0.144. The van der Waals surface area contributed by atoms with Gasteiger partial charge in [-0.3, -0.25) is 0 Å². The number of rotatable bonds is 11. The van der Waals surface area contributed by atoms with Crippen LogP contribution in [-0.4, -0.2) is 24.8 Å². The molecule has 0 amide bonds. The van der Waals surface area contributed by atoms with Gasteiger partial charge in [-0.05, 0) is 26.2 Å². The van der Waals surface area contributed by atoms with Crippen LogP contribution in [0.25, 0.3) is 0 Å². The number of allylic oxidation sites excluding steroid dienone is 1. The summed E-state index contributed by atoms with van der Waals surface area (Å²) in [6.45, 7) is 5.98. The number of hydrogen-bond donors (Lipinski definition) is 0. The van der Waals surface area contributed by atoms with Gasteiger partial charge in [0.2, 0.25) is 0 Å². The molecule has 1 fully saturated rings. The molecule has 3 nitrogen and oxygen atoms in total. The SMILES string of the molecule is C=CCCCCCCCCC1OC1C(=O)OCC. The molecule has 0 aromatic rings. The third kappa shape index (κ3) is 6.20. The zero-order chi connectivity index (χ0) is 13.2. The van der Waals surface area contributed by atoms with E-state index < -0.39 is 0 Å². The highest BCUT2D eigenvalue weighted by Gasteiger charge is 2.45. The Kier molecular flexibility index (Phi) is 7.74. The van der Waals surface area contributed by atoms with E-state index in [0.717, 1.165) is 19.3 Å². The molecule has 0 bridgehead atoms. The van der Waals surface area contributed by atoms with Gasteiger partial charge >= 0.3 is 5.97 Å². The van der Waals surface area contributed by atoms with E-state index in [9.17, 15) is 4.79 Å². The standard InChI is InChI=1S/C15H26O3/c1-3-5-6-7-8-9-10-11-12-13-14(18-13)15(16)17-4-2/h3,13-14H,1,4-12H2,2H3. The molecule has 0 radical (unpaired) electrons. The van der Waals surface area contributed by atoms with Crippen molar-refractivity contribution in [2.75, 3.05) is 6.61 Å². The number of epoxide rings is 1. The highest BCUT2D eigenvalue weighted by molar-refractivity contribution is 5.77. The summed E-state index contributed by atoms with van der Waals surface area (Å²) in [6.07, 6.45) is 11.5. The summed E-state index contributed by atoms with van der Waals surface area (Å²) in [5.41, 5.74) is 0. The third-order valence-electron chi connectivity index (χ3n) is 3.25. The zero-order valence-electron chi connectivity index (χ0n) is 11.5. The van der Waals surface area contributed by atoms with Crippen molar-refractivity contribution in [2.45, 2.75) is 70.5 Å². The van der Waals surface area contributed by atoms with Crippen molar-refractivity contribution in [2.24, 2.45) is 0 Å². The van der Waals surface area contributed by atoms with Crippen LogP contribution in [0.2, 0.25) is 0 Å². The van der Waals surface area contributed by atoms with E-state index >= 15 is 0 Å². The fourth-order valence-electron chi connectivity index (χ4n) is 2.14. The van der Waals surface area contributed by atoms with Crippen molar-refractivity contribution in [3.63, 3.8) is 0 Å². The second-order valence-electron chi connectivity index (χ2n) is 4.83. The van der Waals surface area contributed by atoms with Crippen molar-refractivity contribution in [1.29, 1.82) is 0 Å². The zero-order valence-corrected chi connectivity index (χ0v) is 11.5. The number of carbonyl (C=O) groups excluding carboxylic acids is 1. The monoisotopic (exact) mass is 254 g/mol. The van der Waals surface area contributed by atoms with Gasteiger partial charge in [0.25, 0.3) is 0 Å². The highest BCUT2D eigenvalue weighted by Crippen LogP contribution is 2.28. The first kappa shape index (κ1) is 15.2. The molecular weight excluding hydrogens is 228 g/mol. The molecule has 2 unspecified atom stereocenters. The number of ether oxygens (including phenoxy) is 2. The summed E-state index contributed by atoms with van der Waals surface area (Å²) in [7, 11) is 0. The van der Waals surface area contributed by atoms with E-state index in [1.165, 1.54) is 32.1 Å². The molecule has 0 saturated carbocycles. The van der Waals surface area contributed by atoms with Crippen LogP contribution in [0.5, 0.6) is 0 Å². The van der Waals surface area contributed by atoms with E-state index in [1.807, 2.05) is 13.0 Å². The normalized spacial score (nSPS) is 21.6. The van der Waals surface area contributed by atoms with E-state index in [0.29, 0.717) is 6.61 Å². The molecule has 1 saturated heterocycles. The van der Waals surface area contributed by atoms with Gasteiger partial charge in [0, 0.05) is 0 Å². The Labute approximate surface area is 111 Å². The van der Waals surface area contributed by atoms with Crippen LogP contribution in [0.4, 0.5) is 0 Å². The van der Waals surface area contributed by atoms with Gasteiger partial charge in [0.05, 0.1) is 12.7 Å². The highest BCUT2D eigenvalue weighted by atomic mass is 16.6. The molecule has 0 spiro atoms. The number of esters is 1. The minimum absolute atomic E-state index is 0.129. The maximum Gasteiger partial charge on any atom is 0.337 e. The number of hydrogen-bond acceptors (Lipinski definition) is 3. The molecule has 1 aliphatic rings. The molecule has 1 aliphatic heterocycles. The van der Waals surface area contributed by atoms with Crippen LogP contribution in [-0.2, 0) is 14.3 Å². The minimum Gasteiger partial charge on any atom is -0.464 e. The van der Waals surface area contributed by atoms with Gasteiger partial charge in [-0.1, -0.05) is 38.2 Å². The van der Waals surface area contributed by atoms with Gasteiger partial charge in [0.15, 0.2) is 6.10 Å². The summed E-state index contributed by atoms with van der Waals surface area (Å²) in [5, 5.41) is 0. The summed E-state index contributed by atoms with van der Waals surface area (Å²) in [5.74, 6) is -0.188. The molecule has 0 aliphatic carbocycles. The van der Waals surface area contributed by atoms with Gasteiger partial charge in [0.1, 0.15) is 0 Å². The predicted octanol–water partition coefficient (Wildman–Crippen LogP) is 3.62.